The highest BCUT2D eigenvalue weighted by atomic mass is 16.6. The van der Waals surface area contributed by atoms with Gasteiger partial charge in [0.25, 0.3) is 5.91 Å². The largest absolute Gasteiger partial charge is 0.479 e. The molecular formula is C22H27NO4. The smallest absolute Gasteiger partial charge is 0.347 e. The molecule has 0 heterocycles. The fraction of sp³-hybridized carbons (Fsp3) is 0.364. The predicted octanol–water partition coefficient (Wildman–Crippen LogP) is 4.32. The van der Waals surface area contributed by atoms with Gasteiger partial charge in [-0.05, 0) is 41.7 Å². The van der Waals surface area contributed by atoms with E-state index in [2.05, 4.69) is 26.1 Å². The molecule has 144 valence electrons. The van der Waals surface area contributed by atoms with Crippen LogP contribution in [0.15, 0.2) is 54.6 Å². The maximum atomic E-state index is 12.2. The van der Waals surface area contributed by atoms with Crippen LogP contribution in [-0.2, 0) is 19.7 Å². The van der Waals surface area contributed by atoms with Gasteiger partial charge in [-0.2, -0.15) is 0 Å². The molecule has 0 saturated carbocycles. The third-order valence-electron chi connectivity index (χ3n) is 4.04. The zero-order valence-corrected chi connectivity index (χ0v) is 16.3. The zero-order valence-electron chi connectivity index (χ0n) is 16.3. The lowest BCUT2D eigenvalue weighted by Crippen LogP contribution is -2.31. The van der Waals surface area contributed by atoms with Gasteiger partial charge in [0.15, 0.2) is 12.7 Å². The van der Waals surface area contributed by atoms with Gasteiger partial charge >= 0.3 is 5.97 Å². The average molecular weight is 369 g/mol. The third-order valence-corrected chi connectivity index (χ3v) is 4.04. The minimum absolute atomic E-state index is 0.0476. The number of carbonyl (C=O) groups excluding carboxylic acids is 2. The third kappa shape index (κ3) is 6.44. The molecule has 5 nitrogen and oxygen atoms in total. The molecule has 0 aliphatic heterocycles. The van der Waals surface area contributed by atoms with E-state index in [0.717, 1.165) is 0 Å². The van der Waals surface area contributed by atoms with Crippen molar-refractivity contribution in [2.24, 2.45) is 0 Å². The Morgan fingerprint density at radius 2 is 1.63 bits per heavy atom. The van der Waals surface area contributed by atoms with Gasteiger partial charge in [-0.3, -0.25) is 4.79 Å². The van der Waals surface area contributed by atoms with E-state index in [-0.39, 0.29) is 17.9 Å². The number of amides is 1. The minimum Gasteiger partial charge on any atom is -0.479 e. The molecule has 2 aromatic rings. The molecular weight excluding hydrogens is 342 g/mol. The molecule has 0 unspecified atom stereocenters. The molecule has 2 aromatic carbocycles. The van der Waals surface area contributed by atoms with Crippen LogP contribution in [0.2, 0.25) is 0 Å². The second-order valence-corrected chi connectivity index (χ2v) is 7.31. The van der Waals surface area contributed by atoms with E-state index < -0.39 is 12.1 Å². The Kier molecular flexibility index (Phi) is 6.99. The van der Waals surface area contributed by atoms with E-state index >= 15 is 0 Å². The van der Waals surface area contributed by atoms with Gasteiger partial charge in [0.05, 0.1) is 0 Å². The Bertz CT molecular complexity index is 748. The van der Waals surface area contributed by atoms with Gasteiger partial charge < -0.3 is 14.8 Å². The summed E-state index contributed by atoms with van der Waals surface area (Å²) in [5.74, 6) is -0.356. The number of hydrogen-bond donors (Lipinski definition) is 1. The van der Waals surface area contributed by atoms with Crippen molar-refractivity contribution in [1.29, 1.82) is 0 Å². The van der Waals surface area contributed by atoms with Crippen molar-refractivity contribution in [3.05, 3.63) is 60.2 Å². The number of para-hydroxylation sites is 1. The number of ether oxygens (including phenoxy) is 2. The molecule has 0 saturated heterocycles. The molecule has 0 aliphatic rings. The first-order valence-corrected chi connectivity index (χ1v) is 9.08. The van der Waals surface area contributed by atoms with E-state index in [4.69, 9.17) is 9.47 Å². The molecule has 0 radical (unpaired) electrons. The lowest BCUT2D eigenvalue weighted by atomic mass is 9.87. The summed E-state index contributed by atoms with van der Waals surface area (Å²) >= 11 is 0. The van der Waals surface area contributed by atoms with Gasteiger partial charge in [-0.15, -0.1) is 0 Å². The first-order chi connectivity index (χ1) is 12.8. The van der Waals surface area contributed by atoms with Gasteiger partial charge in [0, 0.05) is 5.69 Å². The summed E-state index contributed by atoms with van der Waals surface area (Å²) in [6.45, 7) is 7.85. The molecule has 0 aliphatic carbocycles. The van der Waals surface area contributed by atoms with Crippen molar-refractivity contribution in [3.63, 3.8) is 0 Å². The average Bonchev–Trinajstić information content (AvgIpc) is 2.64. The zero-order chi connectivity index (χ0) is 19.9. The van der Waals surface area contributed by atoms with Crippen LogP contribution >= 0.6 is 0 Å². The van der Waals surface area contributed by atoms with Crippen molar-refractivity contribution in [1.82, 2.24) is 0 Å². The topological polar surface area (TPSA) is 64.6 Å². The SMILES string of the molecule is CC[C@H](Oc1ccccc1)C(=O)OCC(=O)Nc1ccc(C(C)(C)C)cc1. The summed E-state index contributed by atoms with van der Waals surface area (Å²) in [5, 5.41) is 2.73. The van der Waals surface area contributed by atoms with E-state index in [1.54, 1.807) is 12.1 Å². The standard InChI is InChI=1S/C22H27NO4/c1-5-19(27-18-9-7-6-8-10-18)21(25)26-15-20(24)23-17-13-11-16(12-14-17)22(2,3)4/h6-14,19H,5,15H2,1-4H3,(H,23,24)/t19-/m0/s1. The normalized spacial score (nSPS) is 12.1. The highest BCUT2D eigenvalue weighted by molar-refractivity contribution is 5.93. The second-order valence-electron chi connectivity index (χ2n) is 7.31. The van der Waals surface area contributed by atoms with Crippen molar-refractivity contribution in [2.75, 3.05) is 11.9 Å². The molecule has 1 atom stereocenters. The monoisotopic (exact) mass is 369 g/mol. The summed E-state index contributed by atoms with van der Waals surface area (Å²) in [7, 11) is 0. The minimum atomic E-state index is -0.744. The number of hydrogen-bond acceptors (Lipinski definition) is 4. The molecule has 0 aromatic heterocycles. The molecule has 2 rings (SSSR count). The van der Waals surface area contributed by atoms with Crippen LogP contribution in [0.1, 0.15) is 39.7 Å². The highest BCUT2D eigenvalue weighted by Gasteiger charge is 2.21. The number of nitrogens with one attached hydrogen (secondary N) is 1. The summed E-state index contributed by atoms with van der Waals surface area (Å²) in [6.07, 6.45) is -0.296. The Balaban J connectivity index is 1.84. The molecule has 1 N–H and O–H groups in total. The first kappa shape index (κ1) is 20.5. The van der Waals surface area contributed by atoms with E-state index in [1.807, 2.05) is 49.4 Å². The van der Waals surface area contributed by atoms with E-state index in [9.17, 15) is 9.59 Å². The van der Waals surface area contributed by atoms with Gasteiger partial charge in [-0.1, -0.05) is 58.0 Å². The Morgan fingerprint density at radius 3 is 2.19 bits per heavy atom. The maximum Gasteiger partial charge on any atom is 0.347 e. The lowest BCUT2D eigenvalue weighted by molar-refractivity contribution is -0.154. The number of esters is 1. The van der Waals surface area contributed by atoms with Gasteiger partial charge in [0.1, 0.15) is 5.75 Å². The summed E-state index contributed by atoms with van der Waals surface area (Å²) in [6, 6.07) is 16.7. The van der Waals surface area contributed by atoms with Crippen LogP contribution in [0.4, 0.5) is 5.69 Å². The van der Waals surface area contributed by atoms with Crippen LogP contribution in [-0.4, -0.2) is 24.6 Å². The second kappa shape index (κ2) is 9.21. The number of benzene rings is 2. The van der Waals surface area contributed by atoms with Crippen LogP contribution in [0.5, 0.6) is 5.75 Å². The molecule has 0 spiro atoms. The highest BCUT2D eigenvalue weighted by Crippen LogP contribution is 2.23. The first-order valence-electron chi connectivity index (χ1n) is 9.08. The van der Waals surface area contributed by atoms with Crippen molar-refractivity contribution < 1.29 is 19.1 Å². The molecule has 0 bridgehead atoms. The quantitative estimate of drug-likeness (QED) is 0.738. The number of carbonyl (C=O) groups is 2. The maximum absolute atomic E-state index is 12.2. The fourth-order valence-corrected chi connectivity index (χ4v) is 2.44. The Hall–Kier alpha value is -2.82. The van der Waals surface area contributed by atoms with Crippen molar-refractivity contribution in [2.45, 2.75) is 45.6 Å². The molecule has 27 heavy (non-hydrogen) atoms. The number of rotatable bonds is 7. The van der Waals surface area contributed by atoms with Gasteiger partial charge in [-0.25, -0.2) is 4.79 Å². The summed E-state index contributed by atoms with van der Waals surface area (Å²) in [4.78, 5) is 24.2. The van der Waals surface area contributed by atoms with Crippen LogP contribution in [0.25, 0.3) is 0 Å². The molecule has 1 amide bonds. The predicted molar refractivity (Wildman–Crippen MR) is 106 cm³/mol. The Morgan fingerprint density at radius 1 is 1.00 bits per heavy atom. The van der Waals surface area contributed by atoms with Crippen LogP contribution in [0.3, 0.4) is 0 Å². The van der Waals surface area contributed by atoms with Gasteiger partial charge in [0.2, 0.25) is 0 Å². The Labute approximate surface area is 160 Å². The van der Waals surface area contributed by atoms with E-state index in [1.165, 1.54) is 5.56 Å². The van der Waals surface area contributed by atoms with Crippen molar-refractivity contribution >= 4 is 17.6 Å². The summed E-state index contributed by atoms with van der Waals surface area (Å²) in [5.41, 5.74) is 1.89. The summed E-state index contributed by atoms with van der Waals surface area (Å²) < 4.78 is 10.7. The molecule has 5 heteroatoms. The van der Waals surface area contributed by atoms with Crippen LogP contribution < -0.4 is 10.1 Å². The van der Waals surface area contributed by atoms with Crippen molar-refractivity contribution in [3.8, 4) is 5.75 Å². The van der Waals surface area contributed by atoms with Crippen LogP contribution in [0, 0.1) is 0 Å². The lowest BCUT2D eigenvalue weighted by Gasteiger charge is -2.19. The molecule has 0 fully saturated rings. The van der Waals surface area contributed by atoms with E-state index in [0.29, 0.717) is 17.9 Å². The fourth-order valence-electron chi connectivity index (χ4n) is 2.44. The number of anilines is 1.